The summed E-state index contributed by atoms with van der Waals surface area (Å²) in [6, 6.07) is 15.4. The van der Waals surface area contributed by atoms with Gasteiger partial charge in [0.25, 0.3) is 5.91 Å². The molecule has 9 heteroatoms. The molecule has 0 spiro atoms. The number of para-hydroxylation sites is 2. The number of carbonyl (C=O) groups excluding carboxylic acids is 1. The van der Waals surface area contributed by atoms with E-state index in [-0.39, 0.29) is 5.91 Å². The fourth-order valence-corrected chi connectivity index (χ4v) is 4.77. The monoisotopic (exact) mass is 479 g/mol. The van der Waals surface area contributed by atoms with Crippen LogP contribution in [0.5, 0.6) is 5.75 Å². The molecule has 0 bridgehead atoms. The molecule has 7 nitrogen and oxygen atoms in total. The molecular formula is C24H25N5O2S2. The minimum absolute atomic E-state index is 0.0342. The lowest BCUT2D eigenvalue weighted by Crippen LogP contribution is -2.48. The zero-order valence-corrected chi connectivity index (χ0v) is 19.9. The highest BCUT2D eigenvalue weighted by Gasteiger charge is 2.23. The van der Waals surface area contributed by atoms with E-state index in [0.29, 0.717) is 30.1 Å². The Hall–Kier alpha value is -3.17. The van der Waals surface area contributed by atoms with E-state index in [1.807, 2.05) is 65.6 Å². The third-order valence-electron chi connectivity index (χ3n) is 5.50. The van der Waals surface area contributed by atoms with Crippen molar-refractivity contribution in [2.75, 3.05) is 42.9 Å². The fraction of sp³-hybridized carbons (Fsp3) is 0.208. The summed E-state index contributed by atoms with van der Waals surface area (Å²) in [5.41, 5.74) is 3.43. The van der Waals surface area contributed by atoms with E-state index in [1.54, 1.807) is 13.2 Å². The average Bonchev–Trinajstić information content (AvgIpc) is 2.87. The molecule has 170 valence electrons. The van der Waals surface area contributed by atoms with Gasteiger partial charge in [-0.2, -0.15) is 0 Å². The number of thiol groups is 1. The van der Waals surface area contributed by atoms with Crippen molar-refractivity contribution in [3.05, 3.63) is 77.2 Å². The average molecular weight is 480 g/mol. The van der Waals surface area contributed by atoms with Crippen molar-refractivity contribution in [3.8, 4) is 5.75 Å². The van der Waals surface area contributed by atoms with Gasteiger partial charge in [0.1, 0.15) is 11.5 Å². The van der Waals surface area contributed by atoms with Crippen LogP contribution < -0.4 is 14.4 Å². The standard InChI is InChI=1S/C24H25N5O2S2/c1-31-21-7-3-2-6-20(21)28-13-15-29(16-14-28)24(30)17-9-11-18(12-10-17)27-33-22-8-4-5-19(25)23(22)26-32/h2-12,25,27,32H,13-16H2,1H3/b25-19?,26-23+. The molecule has 2 N–H and O–H groups in total. The summed E-state index contributed by atoms with van der Waals surface area (Å²) >= 11 is 5.32. The van der Waals surface area contributed by atoms with E-state index < -0.39 is 0 Å². The smallest absolute Gasteiger partial charge is 0.253 e. The lowest BCUT2D eigenvalue weighted by Gasteiger charge is -2.36. The SMILES string of the molecule is COc1ccccc1N1CCN(C(=O)c2ccc(NSC3=CC=CC(=N)/C3=N\S)cc2)CC1. The predicted octanol–water partition coefficient (Wildman–Crippen LogP) is 4.48. The van der Waals surface area contributed by atoms with Crippen LogP contribution in [0.25, 0.3) is 0 Å². The lowest BCUT2D eigenvalue weighted by molar-refractivity contribution is 0.0746. The molecule has 1 heterocycles. The van der Waals surface area contributed by atoms with Crippen molar-refractivity contribution in [2.45, 2.75) is 0 Å². The largest absolute Gasteiger partial charge is 0.495 e. The van der Waals surface area contributed by atoms with Gasteiger partial charge in [-0.25, -0.2) is 4.40 Å². The summed E-state index contributed by atoms with van der Waals surface area (Å²) in [6.45, 7) is 2.84. The maximum atomic E-state index is 13.0. The number of piperazine rings is 1. The number of benzene rings is 2. The summed E-state index contributed by atoms with van der Waals surface area (Å²) < 4.78 is 12.6. The van der Waals surface area contributed by atoms with Gasteiger partial charge in [-0.05, 0) is 73.3 Å². The van der Waals surface area contributed by atoms with Gasteiger partial charge in [0.15, 0.2) is 0 Å². The topological polar surface area (TPSA) is 81.0 Å². The number of anilines is 2. The Kier molecular flexibility index (Phi) is 7.41. The van der Waals surface area contributed by atoms with Crippen molar-refractivity contribution in [1.29, 1.82) is 5.41 Å². The van der Waals surface area contributed by atoms with Crippen LogP contribution in [0.15, 0.2) is 76.1 Å². The Morgan fingerprint density at radius 3 is 2.55 bits per heavy atom. The van der Waals surface area contributed by atoms with E-state index in [9.17, 15) is 4.79 Å². The Labute approximate surface area is 203 Å². The maximum absolute atomic E-state index is 13.0. The number of nitrogens with one attached hydrogen (secondary N) is 2. The number of carbonyl (C=O) groups is 1. The highest BCUT2D eigenvalue weighted by Crippen LogP contribution is 2.29. The number of amides is 1. The highest BCUT2D eigenvalue weighted by atomic mass is 32.2. The predicted molar refractivity (Wildman–Crippen MR) is 140 cm³/mol. The first-order chi connectivity index (χ1) is 16.1. The van der Waals surface area contributed by atoms with Gasteiger partial charge in [-0.3, -0.25) is 10.2 Å². The third kappa shape index (κ3) is 5.26. The molecule has 1 fully saturated rings. The zero-order chi connectivity index (χ0) is 23.2. The number of rotatable bonds is 6. The van der Waals surface area contributed by atoms with Gasteiger partial charge >= 0.3 is 0 Å². The van der Waals surface area contributed by atoms with Gasteiger partial charge in [0.05, 0.1) is 23.4 Å². The normalized spacial score (nSPS) is 17.2. The van der Waals surface area contributed by atoms with Crippen LogP contribution in [0.1, 0.15) is 10.4 Å². The van der Waals surface area contributed by atoms with Crippen molar-refractivity contribution < 1.29 is 9.53 Å². The molecule has 0 saturated carbocycles. The molecule has 2 aromatic carbocycles. The van der Waals surface area contributed by atoms with Gasteiger partial charge in [-0.1, -0.05) is 18.2 Å². The minimum Gasteiger partial charge on any atom is -0.495 e. The second kappa shape index (κ2) is 10.6. The quantitative estimate of drug-likeness (QED) is 0.323. The van der Waals surface area contributed by atoms with Crippen LogP contribution in [0.3, 0.4) is 0 Å². The maximum Gasteiger partial charge on any atom is 0.253 e. The first-order valence-electron chi connectivity index (χ1n) is 10.5. The number of methoxy groups -OCH3 is 1. The van der Waals surface area contributed by atoms with Crippen LogP contribution in [0.2, 0.25) is 0 Å². The minimum atomic E-state index is 0.0342. The first-order valence-corrected chi connectivity index (χ1v) is 11.7. The second-order valence-electron chi connectivity index (χ2n) is 7.48. The highest BCUT2D eigenvalue weighted by molar-refractivity contribution is 8.05. The summed E-state index contributed by atoms with van der Waals surface area (Å²) in [4.78, 5) is 17.9. The molecule has 1 aliphatic heterocycles. The molecule has 1 aliphatic carbocycles. The molecule has 1 amide bonds. The second-order valence-corrected chi connectivity index (χ2v) is 8.53. The van der Waals surface area contributed by atoms with E-state index >= 15 is 0 Å². The molecule has 2 aliphatic rings. The van der Waals surface area contributed by atoms with Crippen molar-refractivity contribution in [2.24, 2.45) is 4.40 Å². The van der Waals surface area contributed by atoms with Gasteiger partial charge in [0, 0.05) is 37.4 Å². The molecule has 4 rings (SSSR count). The van der Waals surface area contributed by atoms with E-state index in [2.05, 4.69) is 26.8 Å². The molecule has 33 heavy (non-hydrogen) atoms. The Balaban J connectivity index is 1.33. The van der Waals surface area contributed by atoms with Crippen LogP contribution in [-0.4, -0.2) is 55.5 Å². The van der Waals surface area contributed by atoms with E-state index in [1.165, 1.54) is 11.9 Å². The third-order valence-corrected chi connectivity index (χ3v) is 6.59. The van der Waals surface area contributed by atoms with Crippen LogP contribution in [0.4, 0.5) is 11.4 Å². The molecule has 0 aromatic heterocycles. The van der Waals surface area contributed by atoms with Crippen LogP contribution in [0, 0.1) is 5.41 Å². The number of nitrogens with zero attached hydrogens (tertiary/aromatic N) is 3. The van der Waals surface area contributed by atoms with Crippen molar-refractivity contribution in [3.63, 3.8) is 0 Å². The summed E-state index contributed by atoms with van der Waals surface area (Å²) in [5.74, 6) is 0.884. The number of hydrogen-bond acceptors (Lipinski definition) is 8. The fourth-order valence-electron chi connectivity index (χ4n) is 3.73. The van der Waals surface area contributed by atoms with Gasteiger partial charge in [0.2, 0.25) is 0 Å². The Bertz CT molecular complexity index is 1120. The number of allylic oxidation sites excluding steroid dienone is 4. The Morgan fingerprint density at radius 1 is 1.12 bits per heavy atom. The molecular weight excluding hydrogens is 454 g/mol. The van der Waals surface area contributed by atoms with Crippen molar-refractivity contribution in [1.82, 2.24) is 4.90 Å². The van der Waals surface area contributed by atoms with E-state index in [0.717, 1.165) is 35.1 Å². The van der Waals surface area contributed by atoms with Crippen LogP contribution in [-0.2, 0) is 0 Å². The molecule has 1 saturated heterocycles. The molecule has 0 radical (unpaired) electrons. The first kappa shape index (κ1) is 23.0. The van der Waals surface area contributed by atoms with Gasteiger partial charge < -0.3 is 19.3 Å². The summed E-state index contributed by atoms with van der Waals surface area (Å²) in [7, 11) is 1.68. The van der Waals surface area contributed by atoms with E-state index in [4.69, 9.17) is 10.1 Å². The Morgan fingerprint density at radius 2 is 1.85 bits per heavy atom. The number of hydrogen-bond donors (Lipinski definition) is 3. The van der Waals surface area contributed by atoms with Crippen molar-refractivity contribution >= 4 is 53.5 Å². The molecule has 2 aromatic rings. The lowest BCUT2D eigenvalue weighted by atomic mass is 10.1. The van der Waals surface area contributed by atoms with Crippen LogP contribution >= 0.6 is 24.8 Å². The summed E-state index contributed by atoms with van der Waals surface area (Å²) in [5, 5.41) is 7.91. The zero-order valence-electron chi connectivity index (χ0n) is 18.2. The number of ether oxygens (including phenoxy) is 1. The van der Waals surface area contributed by atoms with Gasteiger partial charge in [-0.15, -0.1) is 0 Å². The summed E-state index contributed by atoms with van der Waals surface area (Å²) in [6.07, 6.45) is 5.37. The molecule has 0 atom stereocenters. The molecule has 0 unspecified atom stereocenters.